The van der Waals surface area contributed by atoms with Crippen LogP contribution in [0.3, 0.4) is 0 Å². The van der Waals surface area contributed by atoms with Gasteiger partial charge in [-0.05, 0) is 6.42 Å². The highest BCUT2D eigenvalue weighted by atomic mass is 32.1. The number of nitrogens with two attached hydrogens (primary N) is 2. The van der Waals surface area contributed by atoms with Crippen LogP contribution in [-0.2, 0) is 9.59 Å². The van der Waals surface area contributed by atoms with Gasteiger partial charge in [0.1, 0.15) is 0 Å². The van der Waals surface area contributed by atoms with Gasteiger partial charge in [-0.2, -0.15) is 0 Å². The number of carbonyl (C=O) groups excluding carboxylic acids is 2. The molecular weight excluding hydrogens is 152 g/mol. The Labute approximate surface area is 64.4 Å². The molecule has 0 spiro atoms. The third-order valence-corrected chi connectivity index (χ3v) is 1.26. The smallest absolute Gasteiger partial charge is 0.234 e. The van der Waals surface area contributed by atoms with Gasteiger partial charge in [0.05, 0.1) is 6.04 Å². The Morgan fingerprint density at radius 2 is 2.00 bits per heavy atom. The van der Waals surface area contributed by atoms with E-state index in [1.807, 2.05) is 0 Å². The van der Waals surface area contributed by atoms with Crippen LogP contribution in [0, 0.1) is 0 Å². The number of hydrogen-bond donors (Lipinski definition) is 3. The molecule has 1 amide bonds. The highest BCUT2D eigenvalue weighted by molar-refractivity contribution is 7.96. The zero-order valence-electron chi connectivity index (χ0n) is 5.41. The maximum Gasteiger partial charge on any atom is 0.234 e. The molecule has 0 aromatic carbocycles. The quantitative estimate of drug-likeness (QED) is 0.465. The Balaban J connectivity index is 3.49. The normalized spacial score (nSPS) is 12.6. The minimum atomic E-state index is -0.726. The molecule has 0 aliphatic carbocycles. The molecule has 0 aliphatic rings. The van der Waals surface area contributed by atoms with Crippen LogP contribution in [0.5, 0.6) is 0 Å². The number of carbonyl (C=O) groups is 2. The molecule has 1 atom stereocenters. The zero-order valence-corrected chi connectivity index (χ0v) is 6.30. The van der Waals surface area contributed by atoms with Gasteiger partial charge >= 0.3 is 0 Å². The third-order valence-electron chi connectivity index (χ3n) is 1.03. The first kappa shape index (κ1) is 9.45. The van der Waals surface area contributed by atoms with E-state index in [0.29, 0.717) is 0 Å². The lowest BCUT2D eigenvalue weighted by Gasteiger charge is -2.03. The van der Waals surface area contributed by atoms with Crippen molar-refractivity contribution in [2.75, 3.05) is 0 Å². The molecule has 0 saturated heterocycles. The lowest BCUT2D eigenvalue weighted by molar-refractivity contribution is -0.119. The number of amides is 1. The predicted molar refractivity (Wildman–Crippen MR) is 40.4 cm³/mol. The monoisotopic (exact) mass is 162 g/mol. The van der Waals surface area contributed by atoms with E-state index in [-0.39, 0.29) is 18.0 Å². The molecule has 0 saturated carbocycles. The maximum atomic E-state index is 10.3. The van der Waals surface area contributed by atoms with E-state index >= 15 is 0 Å². The predicted octanol–water partition coefficient (Wildman–Crippen LogP) is -0.964. The molecular formula is C5H10N2O2S. The van der Waals surface area contributed by atoms with Gasteiger partial charge in [-0.25, -0.2) is 0 Å². The van der Waals surface area contributed by atoms with E-state index in [1.54, 1.807) is 0 Å². The van der Waals surface area contributed by atoms with Gasteiger partial charge in [-0.15, -0.1) is 12.6 Å². The van der Waals surface area contributed by atoms with E-state index in [9.17, 15) is 9.59 Å². The third kappa shape index (κ3) is 4.34. The van der Waals surface area contributed by atoms with E-state index in [4.69, 9.17) is 11.5 Å². The summed E-state index contributed by atoms with van der Waals surface area (Å²) in [6.45, 7) is 0. The minimum Gasteiger partial charge on any atom is -0.368 e. The van der Waals surface area contributed by atoms with Crippen molar-refractivity contribution in [3.05, 3.63) is 0 Å². The standard InChI is InChI=1S/C5H10N2O2S/c6-3(5(7)9)1-2-4(8)10/h3H,1-2,6H2,(H2,7,9)(H,8,10). The first-order valence-corrected chi connectivity index (χ1v) is 3.25. The van der Waals surface area contributed by atoms with Crippen LogP contribution in [0.15, 0.2) is 0 Å². The summed E-state index contributed by atoms with van der Waals surface area (Å²) in [5.74, 6) is -0.588. The molecule has 0 bridgehead atoms. The summed E-state index contributed by atoms with van der Waals surface area (Å²) in [6.07, 6.45) is 0.463. The molecule has 58 valence electrons. The number of primary amides is 1. The Morgan fingerprint density at radius 3 is 2.30 bits per heavy atom. The van der Waals surface area contributed by atoms with Crippen molar-refractivity contribution in [1.82, 2.24) is 0 Å². The zero-order chi connectivity index (χ0) is 8.15. The van der Waals surface area contributed by atoms with Gasteiger partial charge < -0.3 is 11.5 Å². The van der Waals surface area contributed by atoms with E-state index < -0.39 is 11.9 Å². The fraction of sp³-hybridized carbons (Fsp3) is 0.600. The SMILES string of the molecule is NC(=O)C(N)CCC(=O)S. The van der Waals surface area contributed by atoms with E-state index in [2.05, 4.69) is 12.6 Å². The molecule has 0 aromatic heterocycles. The number of hydrogen-bond acceptors (Lipinski definition) is 3. The fourth-order valence-corrected chi connectivity index (χ4v) is 0.550. The first-order chi connectivity index (χ1) is 4.54. The van der Waals surface area contributed by atoms with Crippen LogP contribution in [0.2, 0.25) is 0 Å². The largest absolute Gasteiger partial charge is 0.368 e. The summed E-state index contributed by atoms with van der Waals surface area (Å²) < 4.78 is 0. The second kappa shape index (κ2) is 4.29. The molecule has 0 rings (SSSR count). The van der Waals surface area contributed by atoms with Crippen LogP contribution in [0.25, 0.3) is 0 Å². The van der Waals surface area contributed by atoms with Crippen molar-refractivity contribution < 1.29 is 9.59 Å². The van der Waals surface area contributed by atoms with Crippen LogP contribution < -0.4 is 11.5 Å². The second-order valence-electron chi connectivity index (χ2n) is 1.94. The van der Waals surface area contributed by atoms with Gasteiger partial charge in [0, 0.05) is 6.42 Å². The fourth-order valence-electron chi connectivity index (χ4n) is 0.421. The molecule has 4 N–H and O–H groups in total. The maximum absolute atomic E-state index is 10.3. The minimum absolute atomic E-state index is 0.188. The highest BCUT2D eigenvalue weighted by Gasteiger charge is 2.09. The van der Waals surface area contributed by atoms with E-state index in [1.165, 1.54) is 0 Å². The molecule has 4 nitrogen and oxygen atoms in total. The first-order valence-electron chi connectivity index (χ1n) is 2.80. The van der Waals surface area contributed by atoms with Crippen molar-refractivity contribution in [3.63, 3.8) is 0 Å². The van der Waals surface area contributed by atoms with Crippen molar-refractivity contribution in [2.24, 2.45) is 11.5 Å². The number of rotatable bonds is 4. The second-order valence-corrected chi connectivity index (χ2v) is 2.44. The van der Waals surface area contributed by atoms with Crippen molar-refractivity contribution in [3.8, 4) is 0 Å². The van der Waals surface area contributed by atoms with Crippen molar-refractivity contribution in [2.45, 2.75) is 18.9 Å². The summed E-state index contributed by atoms with van der Waals surface area (Å²) >= 11 is 3.49. The molecule has 10 heavy (non-hydrogen) atoms. The van der Waals surface area contributed by atoms with Crippen molar-refractivity contribution >= 4 is 23.7 Å². The average Bonchev–Trinajstić information content (AvgIpc) is 1.82. The molecule has 0 aromatic rings. The summed E-state index contributed by atoms with van der Waals surface area (Å²) in [5.41, 5.74) is 10.0. The van der Waals surface area contributed by atoms with Gasteiger partial charge in [0.15, 0.2) is 5.12 Å². The van der Waals surface area contributed by atoms with Crippen LogP contribution in [0.1, 0.15) is 12.8 Å². The van der Waals surface area contributed by atoms with Gasteiger partial charge in [0.25, 0.3) is 0 Å². The molecule has 0 heterocycles. The summed E-state index contributed by atoms with van der Waals surface area (Å²) in [5, 5.41) is -0.281. The summed E-state index contributed by atoms with van der Waals surface area (Å²) in [4.78, 5) is 20.5. The summed E-state index contributed by atoms with van der Waals surface area (Å²) in [7, 11) is 0. The molecule has 0 aliphatic heterocycles. The topological polar surface area (TPSA) is 86.2 Å². The van der Waals surface area contributed by atoms with Crippen LogP contribution in [0.4, 0.5) is 0 Å². The van der Waals surface area contributed by atoms with Gasteiger partial charge in [0.2, 0.25) is 5.91 Å². The van der Waals surface area contributed by atoms with Crippen LogP contribution in [-0.4, -0.2) is 17.1 Å². The Kier molecular flexibility index (Phi) is 4.06. The Bertz CT molecular complexity index is 149. The summed E-state index contributed by atoms with van der Waals surface area (Å²) in [6, 6.07) is -0.726. The lowest BCUT2D eigenvalue weighted by Crippen LogP contribution is -2.36. The van der Waals surface area contributed by atoms with Gasteiger partial charge in [-0.3, -0.25) is 9.59 Å². The molecule has 0 radical (unpaired) electrons. The Hall–Kier alpha value is -0.550. The van der Waals surface area contributed by atoms with E-state index in [0.717, 1.165) is 0 Å². The molecule has 0 fully saturated rings. The lowest BCUT2D eigenvalue weighted by atomic mass is 10.2. The van der Waals surface area contributed by atoms with Gasteiger partial charge in [-0.1, -0.05) is 0 Å². The molecule has 5 heteroatoms. The highest BCUT2D eigenvalue weighted by Crippen LogP contribution is 1.96. The van der Waals surface area contributed by atoms with Crippen molar-refractivity contribution in [1.29, 1.82) is 0 Å². The van der Waals surface area contributed by atoms with Crippen LogP contribution >= 0.6 is 12.6 Å². The average molecular weight is 162 g/mol. The molecule has 1 unspecified atom stereocenters. The Morgan fingerprint density at radius 1 is 1.50 bits per heavy atom. The number of thiol groups is 1.